The van der Waals surface area contributed by atoms with Crippen molar-refractivity contribution in [1.29, 1.82) is 0 Å². The predicted molar refractivity (Wildman–Crippen MR) is 123 cm³/mol. The molecule has 0 heterocycles. The molecule has 0 bridgehead atoms. The molecule has 0 radical (unpaired) electrons. The molecule has 1 unspecified atom stereocenters. The molecule has 5 heteroatoms. The van der Waals surface area contributed by atoms with Gasteiger partial charge in [0.2, 0.25) is 11.8 Å². The van der Waals surface area contributed by atoms with Crippen molar-refractivity contribution in [1.82, 2.24) is 10.2 Å². The van der Waals surface area contributed by atoms with Gasteiger partial charge in [-0.3, -0.25) is 9.59 Å². The monoisotopic (exact) mass is 399 g/mol. The Balaban J connectivity index is 0.00000379. The summed E-state index contributed by atoms with van der Waals surface area (Å²) in [5, 5.41) is 3.02. The third-order valence-corrected chi connectivity index (χ3v) is 4.58. The maximum Gasteiger partial charge on any atom is 0.248 e. The fourth-order valence-corrected chi connectivity index (χ4v) is 2.78. The number of carbonyl (C=O) groups excluding carboxylic acids is 2. The topological polar surface area (TPSA) is 75.4 Å². The van der Waals surface area contributed by atoms with E-state index < -0.39 is 5.91 Å². The number of hydrogen-bond donors (Lipinski definition) is 2. The largest absolute Gasteiger partial charge is 0.366 e. The Labute approximate surface area is 176 Å². The Bertz CT molecular complexity index is 691. The molecule has 1 aromatic carbocycles. The van der Waals surface area contributed by atoms with Gasteiger partial charge in [0.25, 0.3) is 0 Å². The van der Waals surface area contributed by atoms with E-state index in [1.807, 2.05) is 53.1 Å². The first-order valence-electron chi connectivity index (χ1n) is 10.0. The third-order valence-electron chi connectivity index (χ3n) is 4.58. The van der Waals surface area contributed by atoms with E-state index >= 15 is 0 Å². The molecule has 0 fully saturated rings. The lowest BCUT2D eigenvalue weighted by atomic mass is 9.96. The van der Waals surface area contributed by atoms with Crippen LogP contribution in [0.4, 0.5) is 0 Å². The number of benzene rings is 1. The fraction of sp³-hybridized carbons (Fsp3) is 0.417. The third kappa shape index (κ3) is 9.90. The van der Waals surface area contributed by atoms with Crippen LogP contribution in [-0.4, -0.2) is 43.4 Å². The van der Waals surface area contributed by atoms with E-state index in [1.54, 1.807) is 24.3 Å². The highest BCUT2D eigenvalue weighted by Gasteiger charge is 2.16. The van der Waals surface area contributed by atoms with Gasteiger partial charge in [-0.05, 0) is 49.7 Å². The summed E-state index contributed by atoms with van der Waals surface area (Å²) < 4.78 is 0. The zero-order valence-corrected chi connectivity index (χ0v) is 18.6. The van der Waals surface area contributed by atoms with E-state index in [-0.39, 0.29) is 17.9 Å². The van der Waals surface area contributed by atoms with Crippen LogP contribution >= 0.6 is 0 Å². The predicted octanol–water partition coefficient (Wildman–Crippen LogP) is 3.73. The van der Waals surface area contributed by atoms with Crippen LogP contribution < -0.4 is 11.1 Å². The minimum absolute atomic E-state index is 0.00948. The fourth-order valence-electron chi connectivity index (χ4n) is 2.78. The summed E-state index contributed by atoms with van der Waals surface area (Å²) >= 11 is 0. The van der Waals surface area contributed by atoms with Gasteiger partial charge in [0.05, 0.1) is 0 Å². The van der Waals surface area contributed by atoms with Crippen LogP contribution in [0, 0.1) is 5.92 Å². The molecule has 160 valence electrons. The molecule has 0 spiro atoms. The second-order valence-corrected chi connectivity index (χ2v) is 6.90. The quantitative estimate of drug-likeness (QED) is 0.557. The van der Waals surface area contributed by atoms with E-state index in [1.165, 1.54) is 0 Å². The van der Waals surface area contributed by atoms with Crippen LogP contribution in [-0.2, 0) is 11.2 Å². The highest BCUT2D eigenvalue weighted by Crippen LogP contribution is 2.16. The number of rotatable bonds is 11. The molecule has 0 aliphatic heterocycles. The first kappa shape index (κ1) is 26.3. The summed E-state index contributed by atoms with van der Waals surface area (Å²) in [6.45, 7) is 14.0. The SMILES string of the molecule is C=C/C=C(\C=C)[C@@H](C)CC(=O)NCC(Cc1ccc(C(N)=O)cc1)N(C)C.CC. The zero-order valence-electron chi connectivity index (χ0n) is 18.6. The Morgan fingerprint density at radius 1 is 1.17 bits per heavy atom. The van der Waals surface area contributed by atoms with Gasteiger partial charge < -0.3 is 16.0 Å². The molecule has 5 nitrogen and oxygen atoms in total. The summed E-state index contributed by atoms with van der Waals surface area (Å²) in [6, 6.07) is 7.40. The second-order valence-electron chi connectivity index (χ2n) is 6.90. The van der Waals surface area contributed by atoms with Gasteiger partial charge in [-0.1, -0.05) is 64.3 Å². The molecule has 1 aromatic rings. The van der Waals surface area contributed by atoms with Crippen LogP contribution in [0.15, 0.2) is 61.2 Å². The van der Waals surface area contributed by atoms with E-state index in [2.05, 4.69) is 23.4 Å². The molecular weight excluding hydrogens is 362 g/mol. The number of allylic oxidation sites excluding steroid dienone is 4. The highest BCUT2D eigenvalue weighted by atomic mass is 16.1. The number of likely N-dealkylation sites (N-methyl/N-ethyl adjacent to an activating group) is 1. The maximum absolute atomic E-state index is 12.3. The Kier molecular flexibility index (Phi) is 13.0. The lowest BCUT2D eigenvalue weighted by Crippen LogP contribution is -2.42. The van der Waals surface area contributed by atoms with E-state index in [0.29, 0.717) is 18.5 Å². The molecule has 1 rings (SSSR count). The summed E-state index contributed by atoms with van der Waals surface area (Å²) in [7, 11) is 3.97. The summed E-state index contributed by atoms with van der Waals surface area (Å²) in [5.41, 5.74) is 7.85. The van der Waals surface area contributed by atoms with Crippen molar-refractivity contribution >= 4 is 11.8 Å². The minimum atomic E-state index is -0.434. The van der Waals surface area contributed by atoms with Gasteiger partial charge in [0.15, 0.2) is 0 Å². The van der Waals surface area contributed by atoms with Crippen LogP contribution in [0.5, 0.6) is 0 Å². The Morgan fingerprint density at radius 3 is 2.21 bits per heavy atom. The lowest BCUT2D eigenvalue weighted by Gasteiger charge is -2.25. The van der Waals surface area contributed by atoms with Crippen molar-refractivity contribution in [2.24, 2.45) is 11.7 Å². The summed E-state index contributed by atoms with van der Waals surface area (Å²) in [5.74, 6) is -0.341. The minimum Gasteiger partial charge on any atom is -0.366 e. The standard InChI is InChI=1S/C22H31N3O2.C2H6/c1-6-8-18(7-2)16(3)13-21(26)24-15-20(25(4)5)14-17-9-11-19(12-10-17)22(23)27;1-2/h6-12,16,20H,1-2,13-15H2,3-5H3,(H2,23,27)(H,24,26);1-2H3/b18-8+;/t16-,20?;/m0./s1. The smallest absolute Gasteiger partial charge is 0.248 e. The van der Waals surface area contributed by atoms with Gasteiger partial charge in [0, 0.05) is 24.6 Å². The number of carbonyl (C=O) groups is 2. The van der Waals surface area contributed by atoms with Crippen molar-refractivity contribution in [2.45, 2.75) is 39.7 Å². The molecule has 0 saturated heterocycles. The number of amides is 2. The van der Waals surface area contributed by atoms with Crippen LogP contribution in [0.3, 0.4) is 0 Å². The number of hydrogen-bond acceptors (Lipinski definition) is 3. The highest BCUT2D eigenvalue weighted by molar-refractivity contribution is 5.92. The van der Waals surface area contributed by atoms with Crippen LogP contribution in [0.25, 0.3) is 0 Å². The Morgan fingerprint density at radius 2 is 1.76 bits per heavy atom. The average molecular weight is 400 g/mol. The molecular formula is C24H37N3O2. The average Bonchev–Trinajstić information content (AvgIpc) is 2.70. The van der Waals surface area contributed by atoms with E-state index in [9.17, 15) is 9.59 Å². The number of nitrogens with one attached hydrogen (secondary N) is 1. The summed E-state index contributed by atoms with van der Waals surface area (Å²) in [4.78, 5) is 25.6. The molecule has 0 aliphatic carbocycles. The van der Waals surface area contributed by atoms with Crippen LogP contribution in [0.1, 0.15) is 43.1 Å². The van der Waals surface area contributed by atoms with Crippen molar-refractivity contribution in [3.63, 3.8) is 0 Å². The van der Waals surface area contributed by atoms with Gasteiger partial charge in [-0.2, -0.15) is 0 Å². The first-order chi connectivity index (χ1) is 13.8. The molecule has 0 aromatic heterocycles. The van der Waals surface area contributed by atoms with Gasteiger partial charge in [0.1, 0.15) is 0 Å². The zero-order chi connectivity index (χ0) is 22.4. The molecule has 0 aliphatic rings. The van der Waals surface area contributed by atoms with E-state index in [0.717, 1.165) is 17.6 Å². The molecule has 29 heavy (non-hydrogen) atoms. The van der Waals surface area contributed by atoms with Crippen molar-refractivity contribution in [3.8, 4) is 0 Å². The van der Waals surface area contributed by atoms with Gasteiger partial charge in [-0.15, -0.1) is 0 Å². The summed E-state index contributed by atoms with van der Waals surface area (Å²) in [6.07, 6.45) is 6.51. The number of primary amides is 1. The van der Waals surface area contributed by atoms with Crippen LogP contribution in [0.2, 0.25) is 0 Å². The number of nitrogens with zero attached hydrogens (tertiary/aromatic N) is 1. The molecule has 3 N–H and O–H groups in total. The second kappa shape index (κ2) is 14.4. The molecule has 2 amide bonds. The lowest BCUT2D eigenvalue weighted by molar-refractivity contribution is -0.121. The van der Waals surface area contributed by atoms with Crippen molar-refractivity contribution in [2.75, 3.05) is 20.6 Å². The Hall–Kier alpha value is -2.66. The van der Waals surface area contributed by atoms with Gasteiger partial charge >= 0.3 is 0 Å². The molecule has 0 saturated carbocycles. The van der Waals surface area contributed by atoms with Crippen molar-refractivity contribution < 1.29 is 9.59 Å². The molecule has 2 atom stereocenters. The number of nitrogens with two attached hydrogens (primary N) is 1. The maximum atomic E-state index is 12.3. The first-order valence-corrected chi connectivity index (χ1v) is 10.0. The normalized spacial score (nSPS) is 13.0. The van der Waals surface area contributed by atoms with Gasteiger partial charge in [-0.25, -0.2) is 0 Å². The van der Waals surface area contributed by atoms with E-state index in [4.69, 9.17) is 5.73 Å². The van der Waals surface area contributed by atoms with Crippen molar-refractivity contribution in [3.05, 3.63) is 72.4 Å².